The highest BCUT2D eigenvalue weighted by atomic mass is 16.5. The highest BCUT2D eigenvalue weighted by Crippen LogP contribution is 2.40. The lowest BCUT2D eigenvalue weighted by molar-refractivity contribution is -0.00717. The molecule has 1 aliphatic carbocycles. The number of aromatic nitrogens is 2. The van der Waals surface area contributed by atoms with Crippen molar-refractivity contribution in [2.45, 2.75) is 71.8 Å². The van der Waals surface area contributed by atoms with Gasteiger partial charge in [0.2, 0.25) is 0 Å². The molecule has 0 bridgehead atoms. The van der Waals surface area contributed by atoms with Gasteiger partial charge in [0, 0.05) is 25.1 Å². The van der Waals surface area contributed by atoms with Crippen molar-refractivity contribution in [3.05, 3.63) is 17.0 Å². The van der Waals surface area contributed by atoms with E-state index in [1.165, 1.54) is 0 Å². The SMILES string of the molecule is COCCn1nc2c(c1C(=O)NC1CC(C)(C)C1)C[C@H](C)O[C@@H]2C. The van der Waals surface area contributed by atoms with E-state index in [0.29, 0.717) is 24.3 Å². The van der Waals surface area contributed by atoms with E-state index in [2.05, 4.69) is 24.3 Å². The Morgan fingerprint density at radius 2 is 2.12 bits per heavy atom. The number of hydrogen-bond acceptors (Lipinski definition) is 4. The minimum Gasteiger partial charge on any atom is -0.383 e. The predicted octanol–water partition coefficient (Wildman–Crippen LogP) is 2.47. The number of nitrogens with one attached hydrogen (secondary N) is 1. The molecule has 1 aliphatic heterocycles. The zero-order chi connectivity index (χ0) is 17.5. The zero-order valence-corrected chi connectivity index (χ0v) is 15.4. The number of carbonyl (C=O) groups excluding carboxylic acids is 1. The second-order valence-electron chi connectivity index (χ2n) is 7.96. The van der Waals surface area contributed by atoms with Gasteiger partial charge in [0.15, 0.2) is 0 Å². The lowest BCUT2D eigenvalue weighted by Crippen LogP contribution is -2.48. The number of methoxy groups -OCH3 is 1. The van der Waals surface area contributed by atoms with E-state index >= 15 is 0 Å². The summed E-state index contributed by atoms with van der Waals surface area (Å²) < 4.78 is 12.8. The molecular weight excluding hydrogens is 306 g/mol. The first-order valence-corrected chi connectivity index (χ1v) is 8.85. The van der Waals surface area contributed by atoms with Crippen LogP contribution in [-0.4, -0.2) is 41.6 Å². The monoisotopic (exact) mass is 335 g/mol. The molecule has 6 nitrogen and oxygen atoms in total. The molecule has 2 atom stereocenters. The summed E-state index contributed by atoms with van der Waals surface area (Å²) >= 11 is 0. The summed E-state index contributed by atoms with van der Waals surface area (Å²) in [6, 6.07) is 0.267. The zero-order valence-electron chi connectivity index (χ0n) is 15.4. The predicted molar refractivity (Wildman–Crippen MR) is 91.0 cm³/mol. The van der Waals surface area contributed by atoms with Crippen molar-refractivity contribution in [2.24, 2.45) is 5.41 Å². The fraction of sp³-hybridized carbons (Fsp3) is 0.778. The van der Waals surface area contributed by atoms with Crippen LogP contribution in [0.3, 0.4) is 0 Å². The van der Waals surface area contributed by atoms with Crippen molar-refractivity contribution >= 4 is 5.91 Å². The number of ether oxygens (including phenoxy) is 2. The molecule has 0 saturated heterocycles. The number of fused-ring (bicyclic) bond motifs is 1. The van der Waals surface area contributed by atoms with Crippen molar-refractivity contribution < 1.29 is 14.3 Å². The maximum absolute atomic E-state index is 12.9. The molecule has 1 aromatic heterocycles. The normalized spacial score (nSPS) is 25.9. The number of amides is 1. The van der Waals surface area contributed by atoms with Crippen molar-refractivity contribution in [1.82, 2.24) is 15.1 Å². The maximum atomic E-state index is 12.9. The fourth-order valence-corrected chi connectivity index (χ4v) is 4.02. The van der Waals surface area contributed by atoms with Crippen LogP contribution in [0.15, 0.2) is 0 Å². The minimum absolute atomic E-state index is 0.0124. The van der Waals surface area contributed by atoms with E-state index in [9.17, 15) is 4.79 Å². The smallest absolute Gasteiger partial charge is 0.270 e. The van der Waals surface area contributed by atoms with Gasteiger partial charge in [-0.3, -0.25) is 9.48 Å². The summed E-state index contributed by atoms with van der Waals surface area (Å²) in [5, 5.41) is 7.84. The summed E-state index contributed by atoms with van der Waals surface area (Å²) in [5.74, 6) is -0.0124. The van der Waals surface area contributed by atoms with Crippen molar-refractivity contribution in [2.75, 3.05) is 13.7 Å². The van der Waals surface area contributed by atoms with Crippen LogP contribution in [0, 0.1) is 5.41 Å². The molecule has 1 amide bonds. The Balaban J connectivity index is 1.85. The van der Waals surface area contributed by atoms with E-state index in [4.69, 9.17) is 9.47 Å². The Bertz CT molecular complexity index is 615. The molecular formula is C18H29N3O3. The standard InChI is InChI=1S/C18H29N3O3/c1-11-8-14-15(12(2)24-11)20-21(6-7-23-5)16(14)17(22)19-13-9-18(3,4)10-13/h11-13H,6-10H2,1-5H3,(H,19,22)/t11-,12+/m0/s1. The van der Waals surface area contributed by atoms with Crippen molar-refractivity contribution in [3.8, 4) is 0 Å². The third-order valence-electron chi connectivity index (χ3n) is 5.05. The van der Waals surface area contributed by atoms with Crippen LogP contribution in [0.5, 0.6) is 0 Å². The summed E-state index contributed by atoms with van der Waals surface area (Å²) in [4.78, 5) is 12.9. The molecule has 134 valence electrons. The van der Waals surface area contributed by atoms with Gasteiger partial charge >= 0.3 is 0 Å². The van der Waals surface area contributed by atoms with Crippen LogP contribution in [0.2, 0.25) is 0 Å². The molecule has 0 spiro atoms. The highest BCUT2D eigenvalue weighted by Gasteiger charge is 2.38. The van der Waals surface area contributed by atoms with Crippen LogP contribution in [0.4, 0.5) is 0 Å². The Kier molecular flexibility index (Phi) is 4.71. The molecule has 2 heterocycles. The largest absolute Gasteiger partial charge is 0.383 e. The first kappa shape index (κ1) is 17.4. The van der Waals surface area contributed by atoms with Crippen LogP contribution >= 0.6 is 0 Å². The second-order valence-corrected chi connectivity index (χ2v) is 7.96. The van der Waals surface area contributed by atoms with Gasteiger partial charge in [-0.1, -0.05) is 13.8 Å². The lowest BCUT2D eigenvalue weighted by Gasteiger charge is -2.42. The molecule has 1 aromatic rings. The highest BCUT2D eigenvalue weighted by molar-refractivity contribution is 5.94. The maximum Gasteiger partial charge on any atom is 0.270 e. The molecule has 0 aromatic carbocycles. The Morgan fingerprint density at radius 3 is 2.75 bits per heavy atom. The van der Waals surface area contributed by atoms with E-state index in [1.54, 1.807) is 11.8 Å². The van der Waals surface area contributed by atoms with E-state index in [-0.39, 0.29) is 24.2 Å². The molecule has 0 radical (unpaired) electrons. The number of nitrogens with zero attached hydrogens (tertiary/aromatic N) is 2. The minimum atomic E-state index is -0.0817. The molecule has 1 N–H and O–H groups in total. The van der Waals surface area contributed by atoms with Gasteiger partial charge in [-0.25, -0.2) is 0 Å². The van der Waals surface area contributed by atoms with Gasteiger partial charge in [0.1, 0.15) is 5.69 Å². The van der Waals surface area contributed by atoms with Crippen LogP contribution in [-0.2, 0) is 22.4 Å². The third-order valence-corrected chi connectivity index (χ3v) is 5.05. The van der Waals surface area contributed by atoms with Crippen LogP contribution < -0.4 is 5.32 Å². The van der Waals surface area contributed by atoms with E-state index < -0.39 is 0 Å². The molecule has 1 saturated carbocycles. The van der Waals surface area contributed by atoms with Gasteiger partial charge in [-0.05, 0) is 32.1 Å². The summed E-state index contributed by atoms with van der Waals surface area (Å²) in [7, 11) is 1.66. The molecule has 1 fully saturated rings. The quantitative estimate of drug-likeness (QED) is 0.898. The number of carbonyl (C=O) groups is 1. The van der Waals surface area contributed by atoms with Gasteiger partial charge in [0.05, 0.1) is 31.1 Å². The lowest BCUT2D eigenvalue weighted by atomic mass is 9.68. The number of hydrogen-bond donors (Lipinski definition) is 1. The third kappa shape index (κ3) is 3.35. The van der Waals surface area contributed by atoms with Crippen LogP contribution in [0.1, 0.15) is 68.4 Å². The fourth-order valence-electron chi connectivity index (χ4n) is 4.02. The summed E-state index contributed by atoms with van der Waals surface area (Å²) in [5.41, 5.74) is 2.95. The van der Waals surface area contributed by atoms with Crippen LogP contribution in [0.25, 0.3) is 0 Å². The molecule has 2 aliphatic rings. The topological polar surface area (TPSA) is 65.4 Å². The Labute approximate surface area is 143 Å². The average molecular weight is 335 g/mol. The van der Waals surface area contributed by atoms with Gasteiger partial charge < -0.3 is 14.8 Å². The first-order valence-electron chi connectivity index (χ1n) is 8.85. The van der Waals surface area contributed by atoms with Gasteiger partial charge in [-0.15, -0.1) is 0 Å². The molecule has 0 unspecified atom stereocenters. The number of rotatable bonds is 5. The van der Waals surface area contributed by atoms with Gasteiger partial charge in [0.25, 0.3) is 5.91 Å². The van der Waals surface area contributed by atoms with Gasteiger partial charge in [-0.2, -0.15) is 5.10 Å². The van der Waals surface area contributed by atoms with E-state index in [0.717, 1.165) is 30.5 Å². The average Bonchev–Trinajstić information content (AvgIpc) is 2.81. The first-order chi connectivity index (χ1) is 11.3. The van der Waals surface area contributed by atoms with Crippen molar-refractivity contribution in [3.63, 3.8) is 0 Å². The van der Waals surface area contributed by atoms with E-state index in [1.807, 2.05) is 13.8 Å². The molecule has 3 rings (SSSR count). The second kappa shape index (κ2) is 6.48. The summed E-state index contributed by atoms with van der Waals surface area (Å²) in [6.45, 7) is 9.62. The molecule has 24 heavy (non-hydrogen) atoms. The molecule has 6 heteroatoms. The Morgan fingerprint density at radius 1 is 1.42 bits per heavy atom. The summed E-state index contributed by atoms with van der Waals surface area (Å²) in [6.07, 6.45) is 2.81. The van der Waals surface area contributed by atoms with Crippen molar-refractivity contribution in [1.29, 1.82) is 0 Å². The Hall–Kier alpha value is -1.40.